The van der Waals surface area contributed by atoms with Gasteiger partial charge in [0.15, 0.2) is 0 Å². The molecule has 1 aliphatic heterocycles. The van der Waals surface area contributed by atoms with Gasteiger partial charge in [-0.1, -0.05) is 26.7 Å². The molecular weight excluding hydrogens is 220 g/mol. The average Bonchev–Trinajstić information content (AvgIpc) is 2.39. The fourth-order valence-corrected chi connectivity index (χ4v) is 3.10. The Morgan fingerprint density at radius 2 is 1.78 bits per heavy atom. The van der Waals surface area contributed by atoms with Crippen LogP contribution >= 0.6 is 0 Å². The Morgan fingerprint density at radius 3 is 2.28 bits per heavy atom. The summed E-state index contributed by atoms with van der Waals surface area (Å²) in [6.45, 7) is 14.4. The lowest BCUT2D eigenvalue weighted by molar-refractivity contribution is 0.0854. The summed E-state index contributed by atoms with van der Waals surface area (Å²) in [5, 5.41) is 3.51. The number of nitrogens with zero attached hydrogens (tertiary/aromatic N) is 1. The number of nitrogens with one attached hydrogen (secondary N) is 1. The summed E-state index contributed by atoms with van der Waals surface area (Å²) in [6, 6.07) is 0.695. The molecule has 1 heterocycles. The number of piperidine rings is 1. The van der Waals surface area contributed by atoms with Gasteiger partial charge in [0.25, 0.3) is 0 Å². The summed E-state index contributed by atoms with van der Waals surface area (Å²) in [5.41, 5.74) is 0.585. The van der Waals surface area contributed by atoms with Gasteiger partial charge in [0.1, 0.15) is 0 Å². The maximum absolute atomic E-state index is 3.51. The molecule has 0 aromatic carbocycles. The largest absolute Gasteiger partial charge is 0.317 e. The lowest BCUT2D eigenvalue weighted by atomic mass is 9.76. The maximum Gasteiger partial charge on any atom is 0.00415 e. The van der Waals surface area contributed by atoms with E-state index in [-0.39, 0.29) is 0 Å². The smallest absolute Gasteiger partial charge is 0.00415 e. The van der Waals surface area contributed by atoms with Crippen LogP contribution in [0.5, 0.6) is 0 Å². The molecule has 18 heavy (non-hydrogen) atoms. The van der Waals surface area contributed by atoms with Gasteiger partial charge in [-0.05, 0) is 64.6 Å². The van der Waals surface area contributed by atoms with E-state index in [1.165, 1.54) is 64.7 Å². The normalized spacial score (nSPS) is 19.7. The molecule has 0 atom stereocenters. The van der Waals surface area contributed by atoms with Crippen LogP contribution < -0.4 is 5.32 Å². The second-order valence-electron chi connectivity index (χ2n) is 6.37. The van der Waals surface area contributed by atoms with Gasteiger partial charge < -0.3 is 10.2 Å². The number of hydrogen-bond donors (Lipinski definition) is 1. The third kappa shape index (κ3) is 4.89. The van der Waals surface area contributed by atoms with Crippen LogP contribution in [0.15, 0.2) is 0 Å². The molecule has 0 radical (unpaired) electrons. The molecule has 0 spiro atoms. The van der Waals surface area contributed by atoms with Crippen LogP contribution in [-0.4, -0.2) is 37.1 Å². The van der Waals surface area contributed by atoms with Crippen LogP contribution in [0.4, 0.5) is 0 Å². The highest BCUT2D eigenvalue weighted by Crippen LogP contribution is 2.34. The zero-order valence-corrected chi connectivity index (χ0v) is 13.1. The third-order valence-corrected chi connectivity index (χ3v) is 4.73. The van der Waals surface area contributed by atoms with Gasteiger partial charge in [0.2, 0.25) is 0 Å². The SMILES string of the molecule is CCCCCN(CC1(CC)CCNCC1)C(C)C. The summed E-state index contributed by atoms with van der Waals surface area (Å²) >= 11 is 0. The topological polar surface area (TPSA) is 15.3 Å². The van der Waals surface area contributed by atoms with Crippen LogP contribution in [0.2, 0.25) is 0 Å². The lowest BCUT2D eigenvalue weighted by Crippen LogP contribution is -2.46. The van der Waals surface area contributed by atoms with E-state index in [0.29, 0.717) is 11.5 Å². The number of unbranched alkanes of at least 4 members (excludes halogenated alkanes) is 2. The minimum Gasteiger partial charge on any atom is -0.317 e. The predicted molar refractivity (Wildman–Crippen MR) is 81.1 cm³/mol. The van der Waals surface area contributed by atoms with Crippen molar-refractivity contribution < 1.29 is 0 Å². The van der Waals surface area contributed by atoms with Gasteiger partial charge in [0, 0.05) is 12.6 Å². The monoisotopic (exact) mass is 254 g/mol. The Kier molecular flexibility index (Phi) is 7.25. The first kappa shape index (κ1) is 16.0. The second-order valence-corrected chi connectivity index (χ2v) is 6.37. The number of hydrogen-bond acceptors (Lipinski definition) is 2. The first-order chi connectivity index (χ1) is 8.63. The quantitative estimate of drug-likeness (QED) is 0.665. The summed E-state index contributed by atoms with van der Waals surface area (Å²) < 4.78 is 0. The van der Waals surface area contributed by atoms with E-state index >= 15 is 0 Å². The molecule has 0 amide bonds. The average molecular weight is 254 g/mol. The summed E-state index contributed by atoms with van der Waals surface area (Å²) in [7, 11) is 0. The van der Waals surface area contributed by atoms with Gasteiger partial charge in [0.05, 0.1) is 0 Å². The first-order valence-corrected chi connectivity index (χ1v) is 8.08. The summed E-state index contributed by atoms with van der Waals surface area (Å²) in [6.07, 6.45) is 8.14. The summed E-state index contributed by atoms with van der Waals surface area (Å²) in [5.74, 6) is 0. The van der Waals surface area contributed by atoms with Crippen molar-refractivity contribution >= 4 is 0 Å². The van der Waals surface area contributed by atoms with Crippen LogP contribution in [0.3, 0.4) is 0 Å². The standard InChI is InChI=1S/C16H34N2/c1-5-7-8-13-18(15(3)4)14-16(6-2)9-11-17-12-10-16/h15,17H,5-14H2,1-4H3. The highest BCUT2D eigenvalue weighted by atomic mass is 15.2. The fraction of sp³-hybridized carbons (Fsp3) is 1.00. The third-order valence-electron chi connectivity index (χ3n) is 4.73. The van der Waals surface area contributed by atoms with E-state index in [9.17, 15) is 0 Å². The van der Waals surface area contributed by atoms with E-state index in [1.54, 1.807) is 0 Å². The fourth-order valence-electron chi connectivity index (χ4n) is 3.10. The van der Waals surface area contributed by atoms with Crippen molar-refractivity contribution in [3.63, 3.8) is 0 Å². The molecule has 0 aliphatic carbocycles. The Morgan fingerprint density at radius 1 is 1.11 bits per heavy atom. The zero-order valence-electron chi connectivity index (χ0n) is 13.1. The maximum atomic E-state index is 3.51. The van der Waals surface area contributed by atoms with E-state index in [0.717, 1.165) is 0 Å². The molecular formula is C16H34N2. The Balaban J connectivity index is 2.51. The van der Waals surface area contributed by atoms with Gasteiger partial charge in [-0.3, -0.25) is 0 Å². The highest BCUT2D eigenvalue weighted by molar-refractivity contribution is 4.87. The molecule has 1 rings (SSSR count). The van der Waals surface area contributed by atoms with Gasteiger partial charge in [-0.2, -0.15) is 0 Å². The van der Waals surface area contributed by atoms with E-state index in [2.05, 4.69) is 37.9 Å². The van der Waals surface area contributed by atoms with Crippen molar-refractivity contribution in [1.82, 2.24) is 10.2 Å². The van der Waals surface area contributed by atoms with E-state index in [4.69, 9.17) is 0 Å². The molecule has 0 saturated carbocycles. The molecule has 1 aliphatic rings. The molecule has 2 heteroatoms. The lowest BCUT2D eigenvalue weighted by Gasteiger charge is -2.42. The van der Waals surface area contributed by atoms with Crippen molar-refractivity contribution in [1.29, 1.82) is 0 Å². The van der Waals surface area contributed by atoms with Crippen LogP contribution in [-0.2, 0) is 0 Å². The molecule has 0 aromatic heterocycles. The van der Waals surface area contributed by atoms with E-state index in [1.807, 2.05) is 0 Å². The molecule has 108 valence electrons. The van der Waals surface area contributed by atoms with Crippen molar-refractivity contribution in [3.8, 4) is 0 Å². The molecule has 2 nitrogen and oxygen atoms in total. The van der Waals surface area contributed by atoms with Crippen LogP contribution in [0, 0.1) is 5.41 Å². The minimum absolute atomic E-state index is 0.585. The Hall–Kier alpha value is -0.0800. The predicted octanol–water partition coefficient (Wildman–Crippen LogP) is 3.67. The minimum atomic E-state index is 0.585. The number of rotatable bonds is 8. The molecule has 0 bridgehead atoms. The first-order valence-electron chi connectivity index (χ1n) is 8.08. The van der Waals surface area contributed by atoms with Crippen molar-refractivity contribution in [2.75, 3.05) is 26.2 Å². The van der Waals surface area contributed by atoms with E-state index < -0.39 is 0 Å². The molecule has 0 unspecified atom stereocenters. The molecule has 1 saturated heterocycles. The second kappa shape index (κ2) is 8.16. The highest BCUT2D eigenvalue weighted by Gasteiger charge is 2.32. The van der Waals surface area contributed by atoms with Crippen molar-refractivity contribution in [3.05, 3.63) is 0 Å². The zero-order chi connectivity index (χ0) is 13.4. The van der Waals surface area contributed by atoms with Crippen LogP contribution in [0.1, 0.15) is 66.2 Å². The van der Waals surface area contributed by atoms with Crippen molar-refractivity contribution in [2.24, 2.45) is 5.41 Å². The van der Waals surface area contributed by atoms with Gasteiger partial charge in [-0.25, -0.2) is 0 Å². The molecule has 1 N–H and O–H groups in total. The van der Waals surface area contributed by atoms with Crippen molar-refractivity contribution in [2.45, 2.75) is 72.3 Å². The van der Waals surface area contributed by atoms with Gasteiger partial charge in [-0.15, -0.1) is 0 Å². The summed E-state index contributed by atoms with van der Waals surface area (Å²) in [4.78, 5) is 2.73. The molecule has 1 fully saturated rings. The Bertz CT molecular complexity index is 207. The van der Waals surface area contributed by atoms with Crippen LogP contribution in [0.25, 0.3) is 0 Å². The van der Waals surface area contributed by atoms with Gasteiger partial charge >= 0.3 is 0 Å². The molecule has 0 aromatic rings. The Labute approximate surface area is 115 Å².